The molecular formula is C21H26FN5O5S. The highest BCUT2D eigenvalue weighted by Gasteiger charge is 2.38. The fourth-order valence-electron chi connectivity index (χ4n) is 3.53. The number of pyridine rings is 1. The first-order valence-electron chi connectivity index (χ1n) is 10.3. The van der Waals surface area contributed by atoms with Gasteiger partial charge >= 0.3 is 12.0 Å². The summed E-state index contributed by atoms with van der Waals surface area (Å²) in [4.78, 5) is 29.7. The Morgan fingerprint density at radius 1 is 1.21 bits per heavy atom. The Morgan fingerprint density at radius 2 is 1.97 bits per heavy atom. The van der Waals surface area contributed by atoms with Gasteiger partial charge in [0.15, 0.2) is 5.82 Å². The van der Waals surface area contributed by atoms with Gasteiger partial charge in [-0.3, -0.25) is 14.7 Å². The van der Waals surface area contributed by atoms with E-state index in [9.17, 15) is 23.1 Å². The van der Waals surface area contributed by atoms with Crippen LogP contribution in [0, 0.1) is 12.7 Å². The standard InChI is InChI=1S/C21H26FN5O5S/c1-3-33(31,32)27-10-9-26(13-18(27)20(28)29)12-15-5-4-6-17(19(15)22)25-21(30)24-16-8-7-14(2)23-11-16/h4-8,11,18H,3,9-10,12-13H2,1-2H3,(H,28,29)(H2,24,25,30)/t18-/m0/s1. The van der Waals surface area contributed by atoms with Crippen LogP contribution >= 0.6 is 0 Å². The minimum atomic E-state index is -3.68. The van der Waals surface area contributed by atoms with Crippen molar-refractivity contribution in [1.82, 2.24) is 14.2 Å². The first kappa shape index (κ1) is 24.6. The van der Waals surface area contributed by atoms with Crippen molar-refractivity contribution >= 4 is 33.4 Å². The number of hydrogen-bond donors (Lipinski definition) is 3. The number of carboxylic acid groups (broad SMARTS) is 1. The molecule has 0 aliphatic carbocycles. The lowest BCUT2D eigenvalue weighted by Gasteiger charge is -2.38. The number of amides is 2. The topological polar surface area (TPSA) is 132 Å². The van der Waals surface area contributed by atoms with E-state index >= 15 is 4.39 Å². The first-order valence-corrected chi connectivity index (χ1v) is 11.9. The zero-order valence-electron chi connectivity index (χ0n) is 18.3. The number of anilines is 2. The van der Waals surface area contributed by atoms with Crippen molar-refractivity contribution in [3.8, 4) is 0 Å². The van der Waals surface area contributed by atoms with E-state index in [0.29, 0.717) is 5.69 Å². The van der Waals surface area contributed by atoms with Crippen LogP contribution in [0.2, 0.25) is 0 Å². The molecule has 10 nitrogen and oxygen atoms in total. The van der Waals surface area contributed by atoms with Gasteiger partial charge in [-0.2, -0.15) is 4.31 Å². The van der Waals surface area contributed by atoms with E-state index in [1.165, 1.54) is 25.3 Å². The maximum atomic E-state index is 15.1. The van der Waals surface area contributed by atoms with Crippen LogP contribution in [0.3, 0.4) is 0 Å². The molecular weight excluding hydrogens is 453 g/mol. The van der Waals surface area contributed by atoms with E-state index in [4.69, 9.17) is 0 Å². The summed E-state index contributed by atoms with van der Waals surface area (Å²) in [6.07, 6.45) is 1.49. The van der Waals surface area contributed by atoms with Crippen molar-refractivity contribution in [2.24, 2.45) is 0 Å². The number of urea groups is 1. The Morgan fingerprint density at radius 3 is 2.61 bits per heavy atom. The number of benzene rings is 1. The minimum Gasteiger partial charge on any atom is -0.480 e. The van der Waals surface area contributed by atoms with Gasteiger partial charge in [0.25, 0.3) is 0 Å². The number of halogens is 1. The molecule has 0 radical (unpaired) electrons. The summed E-state index contributed by atoms with van der Waals surface area (Å²) in [5, 5.41) is 14.6. The smallest absolute Gasteiger partial charge is 0.323 e. The number of carboxylic acids is 1. The summed E-state index contributed by atoms with van der Waals surface area (Å²) < 4.78 is 40.5. The zero-order valence-corrected chi connectivity index (χ0v) is 19.1. The zero-order chi connectivity index (χ0) is 24.2. The molecule has 1 aromatic heterocycles. The van der Waals surface area contributed by atoms with Gasteiger partial charge in [0.2, 0.25) is 10.0 Å². The fraction of sp³-hybridized carbons (Fsp3) is 0.381. The monoisotopic (exact) mass is 479 g/mol. The lowest BCUT2D eigenvalue weighted by Crippen LogP contribution is -2.58. The van der Waals surface area contributed by atoms with Crippen LogP contribution in [0.1, 0.15) is 18.2 Å². The number of nitrogens with zero attached hydrogens (tertiary/aromatic N) is 3. The van der Waals surface area contributed by atoms with Gasteiger partial charge < -0.3 is 15.7 Å². The van der Waals surface area contributed by atoms with Crippen LogP contribution in [-0.4, -0.2) is 71.1 Å². The molecule has 2 aromatic rings. The van der Waals surface area contributed by atoms with Crippen LogP contribution in [0.15, 0.2) is 36.5 Å². The number of carbonyl (C=O) groups is 2. The predicted molar refractivity (Wildman–Crippen MR) is 121 cm³/mol. The second kappa shape index (κ2) is 10.2. The molecule has 1 aromatic carbocycles. The number of hydrogen-bond acceptors (Lipinski definition) is 6. The summed E-state index contributed by atoms with van der Waals surface area (Å²) >= 11 is 0. The number of rotatable bonds is 7. The van der Waals surface area contributed by atoms with Gasteiger partial charge in [-0.05, 0) is 32.0 Å². The molecule has 33 heavy (non-hydrogen) atoms. The molecule has 2 amide bonds. The van der Waals surface area contributed by atoms with Crippen molar-refractivity contribution in [3.05, 3.63) is 53.6 Å². The fourth-order valence-corrected chi connectivity index (χ4v) is 4.77. The summed E-state index contributed by atoms with van der Waals surface area (Å²) in [5.74, 6) is -2.10. The van der Waals surface area contributed by atoms with Crippen LogP contribution in [-0.2, 0) is 21.4 Å². The van der Waals surface area contributed by atoms with Crippen LogP contribution in [0.5, 0.6) is 0 Å². The molecule has 3 N–H and O–H groups in total. The van der Waals surface area contributed by atoms with E-state index in [1.54, 1.807) is 23.1 Å². The highest BCUT2D eigenvalue weighted by Crippen LogP contribution is 2.22. The molecule has 0 saturated carbocycles. The number of nitrogens with one attached hydrogen (secondary N) is 2. The summed E-state index contributed by atoms with van der Waals surface area (Å²) in [6, 6.07) is 6.04. The SMILES string of the molecule is CCS(=O)(=O)N1CCN(Cc2cccc(NC(=O)Nc3ccc(C)nc3)c2F)C[C@H]1C(=O)O. The maximum Gasteiger partial charge on any atom is 0.323 e. The van der Waals surface area contributed by atoms with Crippen molar-refractivity contribution < 1.29 is 27.5 Å². The molecule has 178 valence electrons. The third kappa shape index (κ3) is 6.03. The molecule has 1 atom stereocenters. The highest BCUT2D eigenvalue weighted by molar-refractivity contribution is 7.89. The van der Waals surface area contributed by atoms with E-state index in [1.807, 2.05) is 6.92 Å². The third-order valence-electron chi connectivity index (χ3n) is 5.31. The van der Waals surface area contributed by atoms with Gasteiger partial charge in [0.05, 0.1) is 23.3 Å². The summed E-state index contributed by atoms with van der Waals surface area (Å²) in [5.41, 5.74) is 1.46. The molecule has 0 spiro atoms. The number of aryl methyl sites for hydroxylation is 1. The molecule has 3 rings (SSSR count). The Bertz CT molecular complexity index is 1130. The molecule has 1 saturated heterocycles. The number of piperazine rings is 1. The van der Waals surface area contributed by atoms with Crippen LogP contribution < -0.4 is 10.6 Å². The van der Waals surface area contributed by atoms with E-state index < -0.39 is 33.9 Å². The van der Waals surface area contributed by atoms with Gasteiger partial charge in [-0.1, -0.05) is 12.1 Å². The van der Waals surface area contributed by atoms with Gasteiger partial charge in [0.1, 0.15) is 6.04 Å². The first-order chi connectivity index (χ1) is 15.6. The normalized spacial score (nSPS) is 17.5. The Kier molecular flexibility index (Phi) is 7.61. The minimum absolute atomic E-state index is 0.000306. The van der Waals surface area contributed by atoms with Crippen molar-refractivity contribution in [2.45, 2.75) is 26.4 Å². The predicted octanol–water partition coefficient (Wildman–Crippen LogP) is 2.09. The number of aromatic nitrogens is 1. The van der Waals surface area contributed by atoms with Crippen molar-refractivity contribution in [3.63, 3.8) is 0 Å². The van der Waals surface area contributed by atoms with Crippen molar-refractivity contribution in [1.29, 1.82) is 0 Å². The van der Waals surface area contributed by atoms with Gasteiger partial charge in [0, 0.05) is 37.4 Å². The van der Waals surface area contributed by atoms with Crippen LogP contribution in [0.4, 0.5) is 20.6 Å². The largest absolute Gasteiger partial charge is 0.480 e. The lowest BCUT2D eigenvalue weighted by molar-refractivity contribution is -0.143. The molecule has 0 unspecified atom stereocenters. The van der Waals surface area contributed by atoms with Crippen molar-refractivity contribution in [2.75, 3.05) is 36.0 Å². The molecule has 1 aliphatic heterocycles. The molecule has 1 fully saturated rings. The second-order valence-electron chi connectivity index (χ2n) is 7.65. The average molecular weight is 480 g/mol. The van der Waals surface area contributed by atoms with Gasteiger partial charge in [-0.25, -0.2) is 17.6 Å². The lowest BCUT2D eigenvalue weighted by atomic mass is 10.1. The Balaban J connectivity index is 1.68. The highest BCUT2D eigenvalue weighted by atomic mass is 32.2. The number of sulfonamides is 1. The number of carbonyl (C=O) groups excluding carboxylic acids is 1. The summed E-state index contributed by atoms with van der Waals surface area (Å²) in [6.45, 7) is 3.51. The Hall–Kier alpha value is -3.09. The second-order valence-corrected chi connectivity index (χ2v) is 9.86. The van der Waals surface area contributed by atoms with Gasteiger partial charge in [-0.15, -0.1) is 0 Å². The third-order valence-corrected chi connectivity index (χ3v) is 7.19. The summed E-state index contributed by atoms with van der Waals surface area (Å²) in [7, 11) is -3.68. The van der Waals surface area contributed by atoms with E-state index in [2.05, 4.69) is 15.6 Å². The van der Waals surface area contributed by atoms with E-state index in [-0.39, 0.29) is 43.2 Å². The maximum absolute atomic E-state index is 15.1. The Labute approximate surface area is 191 Å². The quantitative estimate of drug-likeness (QED) is 0.554. The molecule has 1 aliphatic rings. The molecule has 0 bridgehead atoms. The van der Waals surface area contributed by atoms with E-state index in [0.717, 1.165) is 10.00 Å². The molecule has 12 heteroatoms. The number of aliphatic carboxylic acids is 1. The van der Waals surface area contributed by atoms with Crippen LogP contribution in [0.25, 0.3) is 0 Å². The average Bonchev–Trinajstić information content (AvgIpc) is 2.78. The molecule has 2 heterocycles.